The molecule has 0 saturated heterocycles. The minimum absolute atomic E-state index is 0.0307. The summed E-state index contributed by atoms with van der Waals surface area (Å²) in [6.07, 6.45) is 0. The monoisotopic (exact) mass is 553 g/mol. The molecule has 208 valence electrons. The largest absolute Gasteiger partial charge is 0.497 e. The lowest BCUT2D eigenvalue weighted by atomic mass is 10.1. The molecule has 3 aromatic rings. The second kappa shape index (κ2) is 12.7. The number of likely N-dealkylation sites (N-methyl/N-ethyl adjacent to an activating group) is 1. The highest BCUT2D eigenvalue weighted by Gasteiger charge is 2.33. The Kier molecular flexibility index (Phi) is 9.58. The SMILES string of the molecule is CNC(=O)C(C)N(Cc1cccc(OC)c1)C(=O)CN(c1cc(C)ccc1OC)S(=O)(=O)c1ccc(C)cc1. The number of anilines is 1. The lowest BCUT2D eigenvalue weighted by Gasteiger charge is -2.32. The summed E-state index contributed by atoms with van der Waals surface area (Å²) in [6, 6.07) is 17.8. The van der Waals surface area contributed by atoms with Crippen LogP contribution in [0.15, 0.2) is 71.6 Å². The van der Waals surface area contributed by atoms with E-state index in [4.69, 9.17) is 9.47 Å². The van der Waals surface area contributed by atoms with Crippen molar-refractivity contribution in [3.8, 4) is 11.5 Å². The number of nitrogens with one attached hydrogen (secondary N) is 1. The highest BCUT2D eigenvalue weighted by Crippen LogP contribution is 2.34. The van der Waals surface area contributed by atoms with E-state index in [1.807, 2.05) is 19.9 Å². The summed E-state index contributed by atoms with van der Waals surface area (Å²) in [6.45, 7) is 4.79. The van der Waals surface area contributed by atoms with E-state index in [0.717, 1.165) is 21.0 Å². The van der Waals surface area contributed by atoms with Gasteiger partial charge in [-0.15, -0.1) is 0 Å². The van der Waals surface area contributed by atoms with Gasteiger partial charge in [-0.1, -0.05) is 35.9 Å². The number of methoxy groups -OCH3 is 2. The Labute approximate surface area is 230 Å². The first-order valence-electron chi connectivity index (χ1n) is 12.4. The number of nitrogens with zero attached hydrogens (tertiary/aromatic N) is 2. The lowest BCUT2D eigenvalue weighted by molar-refractivity contribution is -0.139. The Hall–Kier alpha value is -4.05. The molecule has 0 aromatic heterocycles. The van der Waals surface area contributed by atoms with Crippen LogP contribution >= 0.6 is 0 Å². The first kappa shape index (κ1) is 29.5. The molecule has 1 unspecified atom stereocenters. The van der Waals surface area contributed by atoms with Gasteiger partial charge in [0, 0.05) is 13.6 Å². The van der Waals surface area contributed by atoms with E-state index in [1.54, 1.807) is 55.5 Å². The average molecular weight is 554 g/mol. The summed E-state index contributed by atoms with van der Waals surface area (Å²) in [4.78, 5) is 28.0. The van der Waals surface area contributed by atoms with Crippen LogP contribution in [0.25, 0.3) is 0 Å². The van der Waals surface area contributed by atoms with Crippen LogP contribution in [-0.2, 0) is 26.2 Å². The molecule has 3 rings (SSSR count). The minimum Gasteiger partial charge on any atom is -0.497 e. The van der Waals surface area contributed by atoms with Crippen LogP contribution in [0, 0.1) is 13.8 Å². The van der Waals surface area contributed by atoms with Crippen molar-refractivity contribution in [2.75, 3.05) is 32.1 Å². The van der Waals surface area contributed by atoms with E-state index < -0.39 is 28.5 Å². The van der Waals surface area contributed by atoms with Crippen molar-refractivity contribution in [2.24, 2.45) is 0 Å². The molecule has 1 atom stereocenters. The number of hydrogen-bond donors (Lipinski definition) is 1. The smallest absolute Gasteiger partial charge is 0.264 e. The summed E-state index contributed by atoms with van der Waals surface area (Å²) in [7, 11) is 0.266. The summed E-state index contributed by atoms with van der Waals surface area (Å²) in [5.41, 5.74) is 2.63. The molecule has 10 heteroatoms. The second-order valence-corrected chi connectivity index (χ2v) is 11.0. The van der Waals surface area contributed by atoms with Gasteiger partial charge in [-0.05, 0) is 68.3 Å². The number of amides is 2. The molecule has 0 saturated carbocycles. The number of aryl methyl sites for hydroxylation is 2. The number of hydrogen-bond acceptors (Lipinski definition) is 6. The topological polar surface area (TPSA) is 105 Å². The van der Waals surface area contributed by atoms with Crippen molar-refractivity contribution in [1.82, 2.24) is 10.2 Å². The molecular weight excluding hydrogens is 518 g/mol. The number of rotatable bonds is 11. The van der Waals surface area contributed by atoms with Crippen molar-refractivity contribution < 1.29 is 27.5 Å². The van der Waals surface area contributed by atoms with Gasteiger partial charge in [0.1, 0.15) is 24.1 Å². The van der Waals surface area contributed by atoms with Gasteiger partial charge in [0.25, 0.3) is 10.0 Å². The molecular formula is C29H35N3O6S. The van der Waals surface area contributed by atoms with Gasteiger partial charge in [-0.25, -0.2) is 8.42 Å². The van der Waals surface area contributed by atoms with Crippen LogP contribution in [0.2, 0.25) is 0 Å². The highest BCUT2D eigenvalue weighted by molar-refractivity contribution is 7.92. The van der Waals surface area contributed by atoms with Crippen LogP contribution in [-0.4, -0.2) is 59.0 Å². The Morgan fingerprint density at radius 3 is 2.21 bits per heavy atom. The van der Waals surface area contributed by atoms with E-state index in [-0.39, 0.29) is 23.0 Å². The molecule has 1 N–H and O–H groups in total. The fraction of sp³-hybridized carbons (Fsp3) is 0.310. The molecule has 0 aliphatic carbocycles. The standard InChI is InChI=1S/C29H35N3O6S/c1-20-10-13-25(14-11-20)39(35,36)32(26-16-21(2)12-15-27(26)38-6)19-28(33)31(22(3)29(34)30-4)18-23-8-7-9-24(17-23)37-5/h7-17,22H,18-19H2,1-6H3,(H,30,34). The molecule has 0 heterocycles. The zero-order valence-corrected chi connectivity index (χ0v) is 23.9. The summed E-state index contributed by atoms with van der Waals surface area (Å²) in [5, 5.41) is 2.57. The predicted octanol–water partition coefficient (Wildman–Crippen LogP) is 3.68. The Balaban J connectivity index is 2.10. The van der Waals surface area contributed by atoms with Gasteiger partial charge in [0.05, 0.1) is 24.8 Å². The molecule has 0 spiro atoms. The molecule has 2 amide bonds. The van der Waals surface area contributed by atoms with Gasteiger partial charge in [-0.3, -0.25) is 13.9 Å². The van der Waals surface area contributed by atoms with Crippen molar-refractivity contribution in [1.29, 1.82) is 0 Å². The Morgan fingerprint density at radius 2 is 1.59 bits per heavy atom. The number of benzene rings is 3. The third-order valence-electron chi connectivity index (χ3n) is 6.39. The van der Waals surface area contributed by atoms with Gasteiger partial charge >= 0.3 is 0 Å². The van der Waals surface area contributed by atoms with Crippen LogP contribution in [0.1, 0.15) is 23.6 Å². The van der Waals surface area contributed by atoms with Gasteiger partial charge in [-0.2, -0.15) is 0 Å². The van der Waals surface area contributed by atoms with Crippen molar-refractivity contribution in [3.63, 3.8) is 0 Å². The molecule has 0 fully saturated rings. The minimum atomic E-state index is -4.20. The normalized spacial score (nSPS) is 11.8. The summed E-state index contributed by atoms with van der Waals surface area (Å²) in [5.74, 6) is -0.0520. The predicted molar refractivity (Wildman–Crippen MR) is 151 cm³/mol. The zero-order valence-electron chi connectivity index (χ0n) is 23.1. The van der Waals surface area contributed by atoms with Crippen molar-refractivity contribution in [2.45, 2.75) is 38.3 Å². The molecule has 0 bridgehead atoms. The Bertz CT molecular complexity index is 1420. The fourth-order valence-electron chi connectivity index (χ4n) is 4.10. The maximum absolute atomic E-state index is 14.0. The first-order valence-corrected chi connectivity index (χ1v) is 13.8. The molecule has 39 heavy (non-hydrogen) atoms. The van der Waals surface area contributed by atoms with E-state index in [0.29, 0.717) is 11.5 Å². The van der Waals surface area contributed by atoms with Gasteiger partial charge in [0.15, 0.2) is 0 Å². The van der Waals surface area contributed by atoms with Crippen LogP contribution < -0.4 is 19.1 Å². The third kappa shape index (κ3) is 6.88. The average Bonchev–Trinajstić information content (AvgIpc) is 2.93. The highest BCUT2D eigenvalue weighted by atomic mass is 32.2. The summed E-state index contributed by atoms with van der Waals surface area (Å²) < 4.78 is 39.8. The van der Waals surface area contributed by atoms with Crippen LogP contribution in [0.4, 0.5) is 5.69 Å². The van der Waals surface area contributed by atoms with Crippen LogP contribution in [0.5, 0.6) is 11.5 Å². The van der Waals surface area contributed by atoms with E-state index in [9.17, 15) is 18.0 Å². The van der Waals surface area contributed by atoms with Crippen LogP contribution in [0.3, 0.4) is 0 Å². The molecule has 9 nitrogen and oxygen atoms in total. The fourth-order valence-corrected chi connectivity index (χ4v) is 5.52. The van der Waals surface area contributed by atoms with E-state index in [2.05, 4.69) is 5.32 Å². The quantitative estimate of drug-likeness (QED) is 0.389. The number of ether oxygens (including phenoxy) is 2. The number of sulfonamides is 1. The maximum atomic E-state index is 14.0. The van der Waals surface area contributed by atoms with Gasteiger partial charge in [0.2, 0.25) is 11.8 Å². The second-order valence-electron chi connectivity index (χ2n) is 9.16. The van der Waals surface area contributed by atoms with E-state index in [1.165, 1.54) is 38.3 Å². The Morgan fingerprint density at radius 1 is 0.923 bits per heavy atom. The van der Waals surface area contributed by atoms with E-state index >= 15 is 0 Å². The van der Waals surface area contributed by atoms with Gasteiger partial charge < -0.3 is 19.7 Å². The molecule has 0 aliphatic heterocycles. The zero-order chi connectivity index (χ0) is 28.7. The molecule has 0 aliphatic rings. The van der Waals surface area contributed by atoms with Crippen molar-refractivity contribution >= 4 is 27.5 Å². The maximum Gasteiger partial charge on any atom is 0.264 e. The number of carbonyl (C=O) groups is 2. The number of carbonyl (C=O) groups excluding carboxylic acids is 2. The molecule has 0 radical (unpaired) electrons. The summed E-state index contributed by atoms with van der Waals surface area (Å²) >= 11 is 0. The lowest BCUT2D eigenvalue weighted by Crippen LogP contribution is -2.50. The third-order valence-corrected chi connectivity index (χ3v) is 8.17. The van der Waals surface area contributed by atoms with Crippen molar-refractivity contribution in [3.05, 3.63) is 83.4 Å². The first-order chi connectivity index (χ1) is 18.5. The molecule has 3 aromatic carbocycles.